The number of aryl methyl sites for hydroxylation is 1. The fourth-order valence-corrected chi connectivity index (χ4v) is 2.65. The molecule has 21 heavy (non-hydrogen) atoms. The summed E-state index contributed by atoms with van der Waals surface area (Å²) < 4.78 is 6.74. The van der Waals surface area contributed by atoms with Crippen molar-refractivity contribution in [1.82, 2.24) is 4.57 Å². The average molecular weight is 288 g/mol. The summed E-state index contributed by atoms with van der Waals surface area (Å²) in [6.07, 6.45) is 3.88. The number of nitriles is 1. The highest BCUT2D eigenvalue weighted by molar-refractivity contribution is 5.69. The first-order chi connectivity index (χ1) is 10.0. The van der Waals surface area contributed by atoms with Gasteiger partial charge >= 0.3 is 5.97 Å². The second kappa shape index (κ2) is 6.57. The van der Waals surface area contributed by atoms with Crippen molar-refractivity contribution in [2.24, 2.45) is 5.92 Å². The molecule has 0 spiro atoms. The van der Waals surface area contributed by atoms with E-state index in [1.807, 2.05) is 6.07 Å². The molecule has 0 atom stereocenters. The van der Waals surface area contributed by atoms with E-state index >= 15 is 0 Å². The second-order valence-corrected chi connectivity index (χ2v) is 5.76. The van der Waals surface area contributed by atoms with Gasteiger partial charge in [0.25, 0.3) is 5.56 Å². The Morgan fingerprint density at radius 2 is 2.05 bits per heavy atom. The van der Waals surface area contributed by atoms with Crippen molar-refractivity contribution in [1.29, 1.82) is 5.26 Å². The van der Waals surface area contributed by atoms with Gasteiger partial charge in [-0.05, 0) is 50.7 Å². The van der Waals surface area contributed by atoms with Crippen LogP contribution < -0.4 is 5.56 Å². The fourth-order valence-electron chi connectivity index (χ4n) is 2.65. The molecule has 5 heteroatoms. The van der Waals surface area contributed by atoms with Crippen LogP contribution >= 0.6 is 0 Å². The van der Waals surface area contributed by atoms with Crippen molar-refractivity contribution < 1.29 is 9.53 Å². The molecule has 0 aliphatic heterocycles. The highest BCUT2D eigenvalue weighted by Gasteiger charge is 2.22. The van der Waals surface area contributed by atoms with Gasteiger partial charge in [-0.25, -0.2) is 0 Å². The first-order valence-corrected chi connectivity index (χ1v) is 7.31. The van der Waals surface area contributed by atoms with Crippen molar-refractivity contribution in [2.75, 3.05) is 0 Å². The lowest BCUT2D eigenvalue weighted by Crippen LogP contribution is -2.31. The first kappa shape index (κ1) is 15.3. The van der Waals surface area contributed by atoms with Gasteiger partial charge < -0.3 is 9.30 Å². The summed E-state index contributed by atoms with van der Waals surface area (Å²) in [6.45, 7) is 3.80. The maximum atomic E-state index is 12.0. The summed E-state index contributed by atoms with van der Waals surface area (Å²) in [5, 5.41) is 8.87. The Kier molecular flexibility index (Phi) is 4.79. The van der Waals surface area contributed by atoms with Crippen LogP contribution in [0.5, 0.6) is 0 Å². The Hall–Kier alpha value is -2.09. The predicted octanol–water partition coefficient (Wildman–Crippen LogP) is 2.15. The van der Waals surface area contributed by atoms with E-state index in [2.05, 4.69) is 6.92 Å². The van der Waals surface area contributed by atoms with Crippen molar-refractivity contribution in [2.45, 2.75) is 52.2 Å². The second-order valence-electron chi connectivity index (χ2n) is 5.76. The summed E-state index contributed by atoms with van der Waals surface area (Å²) in [5.41, 5.74) is 0.250. The minimum absolute atomic E-state index is 0.0381. The van der Waals surface area contributed by atoms with E-state index in [0.29, 0.717) is 11.6 Å². The quantitative estimate of drug-likeness (QED) is 0.799. The number of hydrogen-bond acceptors (Lipinski definition) is 4. The standard InChI is InChI=1S/C16H20N2O3/c1-11-3-7-14(8-4-11)21-15(19)10-18-12(2)5-6-13(9-17)16(18)20/h5-6,11,14H,3-4,7-8,10H2,1-2H3. The monoisotopic (exact) mass is 288 g/mol. The summed E-state index contributed by atoms with van der Waals surface area (Å²) in [6, 6.07) is 4.97. The molecule has 2 rings (SSSR count). The summed E-state index contributed by atoms with van der Waals surface area (Å²) >= 11 is 0. The Labute approximate surface area is 124 Å². The number of esters is 1. The van der Waals surface area contributed by atoms with Gasteiger partial charge in [-0.1, -0.05) is 6.92 Å². The molecule has 1 fully saturated rings. The number of carbonyl (C=O) groups is 1. The first-order valence-electron chi connectivity index (χ1n) is 7.31. The van der Waals surface area contributed by atoms with Crippen LogP contribution in [0.25, 0.3) is 0 Å². The number of carbonyl (C=O) groups excluding carboxylic acids is 1. The van der Waals surface area contributed by atoms with Crippen LogP contribution in [0.15, 0.2) is 16.9 Å². The number of nitrogens with zero attached hydrogens (tertiary/aromatic N) is 2. The lowest BCUT2D eigenvalue weighted by Gasteiger charge is -2.26. The van der Waals surface area contributed by atoms with Gasteiger partial charge in [0.2, 0.25) is 0 Å². The minimum Gasteiger partial charge on any atom is -0.461 e. The normalized spacial score (nSPS) is 21.6. The third kappa shape index (κ3) is 3.72. The average Bonchev–Trinajstić information content (AvgIpc) is 2.46. The predicted molar refractivity (Wildman–Crippen MR) is 77.7 cm³/mol. The van der Waals surface area contributed by atoms with Gasteiger partial charge in [-0.3, -0.25) is 9.59 Å². The molecule has 1 aliphatic carbocycles. The van der Waals surface area contributed by atoms with Crippen molar-refractivity contribution >= 4 is 5.97 Å². The van der Waals surface area contributed by atoms with Gasteiger partial charge in [0, 0.05) is 5.69 Å². The van der Waals surface area contributed by atoms with E-state index in [9.17, 15) is 9.59 Å². The molecule has 0 bridgehead atoms. The molecule has 1 saturated carbocycles. The summed E-state index contributed by atoms with van der Waals surface area (Å²) in [5.74, 6) is 0.284. The van der Waals surface area contributed by atoms with Gasteiger partial charge in [0.1, 0.15) is 24.3 Å². The van der Waals surface area contributed by atoms with Crippen LogP contribution in [0, 0.1) is 24.2 Å². The minimum atomic E-state index is -0.438. The van der Waals surface area contributed by atoms with Crippen molar-refractivity contribution in [3.63, 3.8) is 0 Å². The molecule has 0 N–H and O–H groups in total. The molecule has 0 radical (unpaired) electrons. The van der Waals surface area contributed by atoms with E-state index in [1.54, 1.807) is 13.0 Å². The van der Waals surface area contributed by atoms with E-state index in [1.165, 1.54) is 10.6 Å². The Morgan fingerprint density at radius 3 is 2.67 bits per heavy atom. The molecule has 112 valence electrons. The SMILES string of the molecule is Cc1ccc(C#N)c(=O)n1CC(=O)OC1CCC(C)CC1. The number of rotatable bonds is 3. The molecule has 5 nitrogen and oxygen atoms in total. The molecule has 1 heterocycles. The lowest BCUT2D eigenvalue weighted by molar-refractivity contribution is -0.151. The molecule has 1 aromatic rings. The Morgan fingerprint density at radius 1 is 1.38 bits per heavy atom. The highest BCUT2D eigenvalue weighted by Crippen LogP contribution is 2.25. The van der Waals surface area contributed by atoms with E-state index in [-0.39, 0.29) is 18.2 Å². The topological polar surface area (TPSA) is 72.1 Å². The maximum absolute atomic E-state index is 12.0. The largest absolute Gasteiger partial charge is 0.461 e. The zero-order valence-corrected chi connectivity index (χ0v) is 12.5. The van der Waals surface area contributed by atoms with Crippen molar-refractivity contribution in [3.05, 3.63) is 33.7 Å². The van der Waals surface area contributed by atoms with Gasteiger partial charge in [0.15, 0.2) is 0 Å². The van der Waals surface area contributed by atoms with Gasteiger partial charge in [0.05, 0.1) is 0 Å². The van der Waals surface area contributed by atoms with Crippen LogP contribution in [0.1, 0.15) is 43.9 Å². The summed E-state index contributed by atoms with van der Waals surface area (Å²) in [4.78, 5) is 24.0. The number of ether oxygens (including phenoxy) is 1. The molecule has 1 aliphatic rings. The third-order valence-electron chi connectivity index (χ3n) is 4.06. The zero-order valence-electron chi connectivity index (χ0n) is 12.5. The number of aromatic nitrogens is 1. The Bertz CT molecular complexity index is 619. The molecular formula is C16H20N2O3. The van der Waals surface area contributed by atoms with Gasteiger partial charge in [-0.2, -0.15) is 5.26 Å². The molecule has 0 amide bonds. The van der Waals surface area contributed by atoms with Crippen LogP contribution in [0.3, 0.4) is 0 Å². The fraction of sp³-hybridized carbons (Fsp3) is 0.562. The van der Waals surface area contributed by atoms with Gasteiger partial charge in [-0.15, -0.1) is 0 Å². The molecule has 1 aromatic heterocycles. The molecule has 0 aromatic carbocycles. The molecular weight excluding hydrogens is 268 g/mol. The Balaban J connectivity index is 2.03. The smallest absolute Gasteiger partial charge is 0.326 e. The molecule has 0 saturated heterocycles. The van der Waals surface area contributed by atoms with Crippen LogP contribution in [0.2, 0.25) is 0 Å². The van der Waals surface area contributed by atoms with E-state index < -0.39 is 11.5 Å². The maximum Gasteiger partial charge on any atom is 0.326 e. The highest BCUT2D eigenvalue weighted by atomic mass is 16.5. The van der Waals surface area contributed by atoms with E-state index in [0.717, 1.165) is 25.7 Å². The number of hydrogen-bond donors (Lipinski definition) is 0. The molecule has 0 unspecified atom stereocenters. The third-order valence-corrected chi connectivity index (χ3v) is 4.06. The van der Waals surface area contributed by atoms with Crippen LogP contribution in [-0.2, 0) is 16.1 Å². The summed E-state index contributed by atoms with van der Waals surface area (Å²) in [7, 11) is 0. The van der Waals surface area contributed by atoms with Crippen molar-refractivity contribution in [3.8, 4) is 6.07 Å². The van der Waals surface area contributed by atoms with Crippen LogP contribution in [-0.4, -0.2) is 16.6 Å². The number of pyridine rings is 1. The lowest BCUT2D eigenvalue weighted by atomic mass is 9.89. The van der Waals surface area contributed by atoms with Crippen LogP contribution in [0.4, 0.5) is 0 Å². The zero-order chi connectivity index (χ0) is 15.4. The van der Waals surface area contributed by atoms with E-state index in [4.69, 9.17) is 10.00 Å².